The van der Waals surface area contributed by atoms with Gasteiger partial charge in [0, 0.05) is 12.4 Å². The first-order valence-corrected chi connectivity index (χ1v) is 4.55. The van der Waals surface area contributed by atoms with Gasteiger partial charge in [-0.05, 0) is 6.54 Å². The number of hydrogen-bond donors (Lipinski definition) is 1. The summed E-state index contributed by atoms with van der Waals surface area (Å²) in [5.41, 5.74) is 0. The quantitative estimate of drug-likeness (QED) is 0.683. The summed E-state index contributed by atoms with van der Waals surface area (Å²) in [4.78, 5) is 15.1. The maximum atomic E-state index is 11.0. The van der Waals surface area contributed by atoms with Crippen molar-refractivity contribution in [1.82, 2.24) is 14.9 Å². The number of rotatable bonds is 5. The number of ether oxygens (including phenoxy) is 1. The van der Waals surface area contributed by atoms with Gasteiger partial charge in [0.25, 0.3) is 0 Å². The van der Waals surface area contributed by atoms with Gasteiger partial charge in [-0.1, -0.05) is 6.92 Å². The first-order chi connectivity index (χ1) is 6.77. The van der Waals surface area contributed by atoms with Gasteiger partial charge in [-0.25, -0.2) is 4.98 Å². The van der Waals surface area contributed by atoms with Crippen LogP contribution >= 0.6 is 0 Å². The van der Waals surface area contributed by atoms with Crippen molar-refractivity contribution in [3.8, 4) is 0 Å². The van der Waals surface area contributed by atoms with Gasteiger partial charge in [-0.2, -0.15) is 0 Å². The summed E-state index contributed by atoms with van der Waals surface area (Å²) in [5, 5.41) is 3.15. The van der Waals surface area contributed by atoms with Crippen molar-refractivity contribution < 1.29 is 9.53 Å². The Hall–Kier alpha value is -1.36. The monoisotopic (exact) mass is 197 g/mol. The molecule has 1 N–H and O–H groups in total. The topological polar surface area (TPSA) is 56.2 Å². The van der Waals surface area contributed by atoms with E-state index in [1.807, 2.05) is 6.92 Å². The minimum Gasteiger partial charge on any atom is -0.468 e. The molecule has 1 rings (SSSR count). The number of carbonyl (C=O) groups is 1. The second-order valence-electron chi connectivity index (χ2n) is 2.83. The molecule has 0 aliphatic carbocycles. The number of methoxy groups -OCH3 is 1. The van der Waals surface area contributed by atoms with Gasteiger partial charge in [-0.15, -0.1) is 0 Å². The fourth-order valence-electron chi connectivity index (χ4n) is 1.09. The molecule has 1 heterocycles. The maximum Gasteiger partial charge on any atom is 0.325 e. The van der Waals surface area contributed by atoms with Gasteiger partial charge >= 0.3 is 5.97 Å². The number of aromatic nitrogens is 2. The van der Waals surface area contributed by atoms with Crippen LogP contribution in [-0.2, 0) is 22.6 Å². The van der Waals surface area contributed by atoms with E-state index in [1.54, 1.807) is 17.0 Å². The Morgan fingerprint density at radius 2 is 2.50 bits per heavy atom. The Kier molecular flexibility index (Phi) is 4.12. The normalized spacial score (nSPS) is 10.1. The van der Waals surface area contributed by atoms with E-state index >= 15 is 0 Å². The highest BCUT2D eigenvalue weighted by Crippen LogP contribution is 1.97. The molecule has 1 aromatic rings. The fourth-order valence-corrected chi connectivity index (χ4v) is 1.09. The van der Waals surface area contributed by atoms with Gasteiger partial charge in [0.15, 0.2) is 0 Å². The van der Waals surface area contributed by atoms with Gasteiger partial charge in [0.2, 0.25) is 0 Å². The van der Waals surface area contributed by atoms with Crippen molar-refractivity contribution in [2.24, 2.45) is 0 Å². The third-order valence-corrected chi connectivity index (χ3v) is 1.86. The van der Waals surface area contributed by atoms with Crippen molar-refractivity contribution in [3.05, 3.63) is 18.2 Å². The molecule has 0 radical (unpaired) electrons. The second kappa shape index (κ2) is 5.39. The maximum absolute atomic E-state index is 11.0. The summed E-state index contributed by atoms with van der Waals surface area (Å²) in [6, 6.07) is 0. The molecule has 0 atom stereocenters. The molecular formula is C9H15N3O2. The zero-order valence-corrected chi connectivity index (χ0v) is 8.49. The highest BCUT2D eigenvalue weighted by molar-refractivity contribution is 5.69. The van der Waals surface area contributed by atoms with Gasteiger partial charge in [-0.3, -0.25) is 4.79 Å². The lowest BCUT2D eigenvalue weighted by atomic mass is 10.5. The van der Waals surface area contributed by atoms with Gasteiger partial charge < -0.3 is 14.6 Å². The molecular weight excluding hydrogens is 182 g/mol. The summed E-state index contributed by atoms with van der Waals surface area (Å²) in [6.45, 7) is 3.79. The van der Waals surface area contributed by atoms with E-state index in [4.69, 9.17) is 0 Å². The zero-order chi connectivity index (χ0) is 10.4. The molecule has 78 valence electrons. The van der Waals surface area contributed by atoms with Crippen molar-refractivity contribution in [2.75, 3.05) is 13.7 Å². The van der Waals surface area contributed by atoms with E-state index in [1.165, 1.54) is 7.11 Å². The van der Waals surface area contributed by atoms with Crippen molar-refractivity contribution in [3.63, 3.8) is 0 Å². The molecule has 0 unspecified atom stereocenters. The minimum atomic E-state index is -0.263. The van der Waals surface area contributed by atoms with Crippen molar-refractivity contribution in [2.45, 2.75) is 20.0 Å². The van der Waals surface area contributed by atoms with Gasteiger partial charge in [0.05, 0.1) is 13.7 Å². The number of esters is 1. The molecule has 5 nitrogen and oxygen atoms in total. The first kappa shape index (κ1) is 10.7. The molecule has 0 saturated carbocycles. The lowest BCUT2D eigenvalue weighted by Crippen LogP contribution is -2.19. The molecule has 0 saturated heterocycles. The third kappa shape index (κ3) is 2.85. The minimum absolute atomic E-state index is 0.219. The second-order valence-corrected chi connectivity index (χ2v) is 2.83. The van der Waals surface area contributed by atoms with E-state index < -0.39 is 0 Å². The molecule has 0 aliphatic heterocycles. The predicted molar refractivity (Wildman–Crippen MR) is 51.6 cm³/mol. The van der Waals surface area contributed by atoms with Crippen LogP contribution in [0.15, 0.2) is 12.4 Å². The van der Waals surface area contributed by atoms with Crippen LogP contribution < -0.4 is 5.32 Å². The fraction of sp³-hybridized carbons (Fsp3) is 0.556. The zero-order valence-electron chi connectivity index (χ0n) is 8.49. The lowest BCUT2D eigenvalue weighted by molar-refractivity contribution is -0.141. The highest BCUT2D eigenvalue weighted by Gasteiger charge is 2.06. The lowest BCUT2D eigenvalue weighted by Gasteiger charge is -2.06. The molecule has 14 heavy (non-hydrogen) atoms. The number of carbonyl (C=O) groups excluding carboxylic acids is 1. The van der Waals surface area contributed by atoms with Crippen LogP contribution in [0.25, 0.3) is 0 Å². The summed E-state index contributed by atoms with van der Waals surface area (Å²) in [7, 11) is 1.38. The summed E-state index contributed by atoms with van der Waals surface area (Å²) >= 11 is 0. The largest absolute Gasteiger partial charge is 0.468 e. The smallest absolute Gasteiger partial charge is 0.325 e. The third-order valence-electron chi connectivity index (χ3n) is 1.86. The number of hydrogen-bond acceptors (Lipinski definition) is 4. The highest BCUT2D eigenvalue weighted by atomic mass is 16.5. The predicted octanol–water partition coefficient (Wildman–Crippen LogP) is 0.166. The summed E-state index contributed by atoms with van der Waals surface area (Å²) in [5.74, 6) is 0.581. The molecule has 0 aromatic carbocycles. The number of nitrogens with zero attached hydrogens (tertiary/aromatic N) is 2. The molecule has 0 amide bonds. The van der Waals surface area contributed by atoms with Crippen molar-refractivity contribution >= 4 is 5.97 Å². The molecule has 0 spiro atoms. The standard InChI is InChI=1S/C9H15N3O2/c1-3-10-6-8-11-4-5-12(8)7-9(13)14-2/h4-5,10H,3,6-7H2,1-2H3. The van der Waals surface area contributed by atoms with Crippen LogP contribution in [-0.4, -0.2) is 29.2 Å². The van der Waals surface area contributed by atoms with Gasteiger partial charge in [0.1, 0.15) is 12.4 Å². The average molecular weight is 197 g/mol. The van der Waals surface area contributed by atoms with Crippen molar-refractivity contribution in [1.29, 1.82) is 0 Å². The average Bonchev–Trinajstić information content (AvgIpc) is 2.62. The SMILES string of the molecule is CCNCc1nccn1CC(=O)OC. The van der Waals surface area contributed by atoms with Crippen LogP contribution in [0, 0.1) is 0 Å². The van der Waals surface area contributed by atoms with Crippen LogP contribution in [0.2, 0.25) is 0 Å². The molecule has 0 bridgehead atoms. The van der Waals surface area contributed by atoms with E-state index in [0.29, 0.717) is 6.54 Å². The van der Waals surface area contributed by atoms with E-state index in [2.05, 4.69) is 15.0 Å². The Morgan fingerprint density at radius 3 is 3.14 bits per heavy atom. The van der Waals surface area contributed by atoms with Crippen LogP contribution in [0.1, 0.15) is 12.7 Å². The Balaban J connectivity index is 2.57. The number of imidazole rings is 1. The Labute approximate surface area is 83.1 Å². The summed E-state index contributed by atoms with van der Waals surface area (Å²) in [6.07, 6.45) is 3.44. The molecule has 0 fully saturated rings. The van der Waals surface area contributed by atoms with Crippen LogP contribution in [0.4, 0.5) is 0 Å². The molecule has 5 heteroatoms. The van der Waals surface area contributed by atoms with E-state index in [-0.39, 0.29) is 12.5 Å². The Bertz CT molecular complexity index is 296. The Morgan fingerprint density at radius 1 is 1.71 bits per heavy atom. The van der Waals surface area contributed by atoms with E-state index in [9.17, 15) is 4.79 Å². The van der Waals surface area contributed by atoms with Crippen LogP contribution in [0.3, 0.4) is 0 Å². The van der Waals surface area contributed by atoms with E-state index in [0.717, 1.165) is 12.4 Å². The van der Waals surface area contributed by atoms with Crippen LogP contribution in [0.5, 0.6) is 0 Å². The molecule has 1 aromatic heterocycles. The first-order valence-electron chi connectivity index (χ1n) is 4.55. The summed E-state index contributed by atoms with van der Waals surface area (Å²) < 4.78 is 6.35. The molecule has 0 aliphatic rings. The number of nitrogens with one attached hydrogen (secondary N) is 1.